The molecule has 6 atom stereocenters. The molecule has 10 heteroatoms. The number of nitrogens with one attached hydrogen (secondary N) is 2. The van der Waals surface area contributed by atoms with E-state index in [-0.39, 0.29) is 23.7 Å². The van der Waals surface area contributed by atoms with Crippen LogP contribution in [0.25, 0.3) is 0 Å². The van der Waals surface area contributed by atoms with Crippen LogP contribution in [0.2, 0.25) is 0 Å². The molecule has 0 spiro atoms. The second-order valence-corrected chi connectivity index (χ2v) is 9.29. The molecule has 1 aliphatic heterocycles. The molecule has 0 unspecified atom stereocenters. The van der Waals surface area contributed by atoms with E-state index in [1.54, 1.807) is 0 Å². The normalized spacial score (nSPS) is 35.9. The predicted molar refractivity (Wildman–Crippen MR) is 101 cm³/mol. The summed E-state index contributed by atoms with van der Waals surface area (Å²) in [7, 11) is 5.19. The SMILES string of the molecule is COC(=O)[C@@H]1CSSC[C@@H](C(=O)OC)NC(=O)[C@@H]2[C@@H](C(=O)N1)[C@@H]1C=C[C@H]2C1. The highest BCUT2D eigenvalue weighted by Crippen LogP contribution is 2.48. The Morgan fingerprint density at radius 1 is 0.889 bits per heavy atom. The third-order valence-electron chi connectivity index (χ3n) is 5.22. The van der Waals surface area contributed by atoms with E-state index >= 15 is 0 Å². The van der Waals surface area contributed by atoms with Gasteiger partial charge < -0.3 is 20.1 Å². The molecule has 3 rings (SSSR count). The Morgan fingerprint density at radius 3 is 1.67 bits per heavy atom. The summed E-state index contributed by atoms with van der Waals surface area (Å²) in [6.45, 7) is 0. The third-order valence-corrected chi connectivity index (χ3v) is 7.64. The average Bonchev–Trinajstić information content (AvgIpc) is 3.28. The molecular formula is C17H22N2O6S2. The van der Waals surface area contributed by atoms with E-state index in [1.807, 2.05) is 12.2 Å². The number of esters is 2. The van der Waals surface area contributed by atoms with Crippen LogP contribution in [-0.4, -0.2) is 61.6 Å². The van der Waals surface area contributed by atoms with Gasteiger partial charge in [-0.3, -0.25) is 9.59 Å². The molecule has 27 heavy (non-hydrogen) atoms. The summed E-state index contributed by atoms with van der Waals surface area (Å²) in [6.07, 6.45) is 4.63. The molecule has 2 amide bonds. The minimum atomic E-state index is -0.803. The molecule has 1 heterocycles. The summed E-state index contributed by atoms with van der Waals surface area (Å²) in [5.74, 6) is -2.36. The van der Waals surface area contributed by atoms with Crippen molar-refractivity contribution < 1.29 is 28.7 Å². The molecule has 2 fully saturated rings. The van der Waals surface area contributed by atoms with Crippen molar-refractivity contribution >= 4 is 45.3 Å². The van der Waals surface area contributed by atoms with Gasteiger partial charge >= 0.3 is 11.9 Å². The summed E-state index contributed by atoms with van der Waals surface area (Å²) in [4.78, 5) is 49.9. The molecule has 0 radical (unpaired) electrons. The summed E-state index contributed by atoms with van der Waals surface area (Å²) >= 11 is 0. The van der Waals surface area contributed by atoms with Gasteiger partial charge in [0.05, 0.1) is 26.1 Å². The van der Waals surface area contributed by atoms with E-state index in [0.29, 0.717) is 17.9 Å². The second-order valence-electron chi connectivity index (χ2n) is 6.74. The number of ether oxygens (including phenoxy) is 2. The zero-order valence-corrected chi connectivity index (χ0v) is 16.6. The lowest BCUT2D eigenvalue weighted by atomic mass is 9.81. The van der Waals surface area contributed by atoms with Gasteiger partial charge in [0.25, 0.3) is 0 Å². The first-order chi connectivity index (χ1) is 13.0. The van der Waals surface area contributed by atoms with Crippen molar-refractivity contribution in [3.05, 3.63) is 12.2 Å². The number of fused-ring (bicyclic) bond motifs is 5. The fourth-order valence-electron chi connectivity index (χ4n) is 3.93. The topological polar surface area (TPSA) is 111 Å². The zero-order valence-electron chi connectivity index (χ0n) is 15.0. The minimum Gasteiger partial charge on any atom is -0.467 e. The number of methoxy groups -OCH3 is 2. The lowest BCUT2D eigenvalue weighted by Crippen LogP contribution is -2.52. The van der Waals surface area contributed by atoms with Crippen LogP contribution in [0, 0.1) is 23.7 Å². The molecule has 8 nitrogen and oxygen atoms in total. The van der Waals surface area contributed by atoms with Crippen molar-refractivity contribution in [1.82, 2.24) is 10.6 Å². The number of hydrogen-bond donors (Lipinski definition) is 2. The molecule has 0 aromatic carbocycles. The smallest absolute Gasteiger partial charge is 0.329 e. The Kier molecular flexibility index (Phi) is 6.36. The molecular weight excluding hydrogens is 392 g/mol. The molecule has 2 N–H and O–H groups in total. The number of allylic oxidation sites excluding steroid dienone is 2. The number of amides is 2. The third kappa shape index (κ3) is 4.11. The predicted octanol–water partition coefficient (Wildman–Crippen LogP) is 0.135. The van der Waals surface area contributed by atoms with Gasteiger partial charge in [0.15, 0.2) is 0 Å². The highest BCUT2D eigenvalue weighted by atomic mass is 33.1. The van der Waals surface area contributed by atoms with Crippen LogP contribution in [0.5, 0.6) is 0 Å². The van der Waals surface area contributed by atoms with E-state index < -0.39 is 35.9 Å². The van der Waals surface area contributed by atoms with Crippen molar-refractivity contribution in [1.29, 1.82) is 0 Å². The second kappa shape index (κ2) is 8.55. The standard InChI is InChI=1S/C17H22N2O6S2/c1-24-16(22)10-6-26-27-7-11(17(23)25-2)19-15(21)13-9-4-3-8(5-9)12(13)14(20)18-10/h3-4,8-13H,5-7H2,1-2H3,(H,18,20)(H,19,21)/t8-,9+,10-,11-,12-,13-/m0/s1. The highest BCUT2D eigenvalue weighted by molar-refractivity contribution is 8.76. The van der Waals surface area contributed by atoms with Crippen molar-refractivity contribution in [3.8, 4) is 0 Å². The summed E-state index contributed by atoms with van der Waals surface area (Å²) in [6, 6.07) is -1.61. The molecule has 148 valence electrons. The van der Waals surface area contributed by atoms with Crippen LogP contribution in [0.1, 0.15) is 6.42 Å². The van der Waals surface area contributed by atoms with Crippen LogP contribution in [0.4, 0.5) is 0 Å². The summed E-state index contributed by atoms with van der Waals surface area (Å²) in [5.41, 5.74) is 0. The molecule has 2 aliphatic carbocycles. The van der Waals surface area contributed by atoms with E-state index in [0.717, 1.165) is 0 Å². The van der Waals surface area contributed by atoms with Crippen LogP contribution < -0.4 is 10.6 Å². The van der Waals surface area contributed by atoms with Crippen molar-refractivity contribution in [2.45, 2.75) is 18.5 Å². The van der Waals surface area contributed by atoms with Gasteiger partial charge in [-0.25, -0.2) is 9.59 Å². The number of rotatable bonds is 2. The maximum absolute atomic E-state index is 12.9. The first kappa shape index (κ1) is 20.1. The summed E-state index contributed by atoms with van der Waals surface area (Å²) < 4.78 is 9.58. The molecule has 1 saturated carbocycles. The lowest BCUT2D eigenvalue weighted by Gasteiger charge is -2.29. The first-order valence-electron chi connectivity index (χ1n) is 8.65. The van der Waals surface area contributed by atoms with Crippen molar-refractivity contribution in [3.63, 3.8) is 0 Å². The van der Waals surface area contributed by atoms with Crippen molar-refractivity contribution in [2.24, 2.45) is 23.7 Å². The van der Waals surface area contributed by atoms with Gasteiger partial charge in [0.2, 0.25) is 11.8 Å². The van der Waals surface area contributed by atoms with Gasteiger partial charge in [-0.15, -0.1) is 0 Å². The van der Waals surface area contributed by atoms with Crippen LogP contribution >= 0.6 is 21.6 Å². The lowest BCUT2D eigenvalue weighted by molar-refractivity contribution is -0.147. The van der Waals surface area contributed by atoms with Crippen LogP contribution in [-0.2, 0) is 28.7 Å². The maximum Gasteiger partial charge on any atom is 0.329 e. The van der Waals surface area contributed by atoms with E-state index in [9.17, 15) is 19.2 Å². The summed E-state index contributed by atoms with van der Waals surface area (Å²) in [5, 5.41) is 5.51. The Balaban J connectivity index is 1.87. The number of hydrogen-bond acceptors (Lipinski definition) is 8. The van der Waals surface area contributed by atoms with Gasteiger partial charge in [0, 0.05) is 11.5 Å². The quantitative estimate of drug-likeness (QED) is 0.373. The highest BCUT2D eigenvalue weighted by Gasteiger charge is 2.52. The molecule has 2 bridgehead atoms. The zero-order chi connectivity index (χ0) is 19.6. The molecule has 3 aliphatic rings. The first-order valence-corrected chi connectivity index (χ1v) is 11.1. The fourth-order valence-corrected chi connectivity index (χ4v) is 6.22. The largest absolute Gasteiger partial charge is 0.467 e. The number of carbonyl (C=O) groups is 4. The van der Waals surface area contributed by atoms with Crippen LogP contribution in [0.15, 0.2) is 12.2 Å². The van der Waals surface area contributed by atoms with Gasteiger partial charge in [-0.2, -0.15) is 0 Å². The average molecular weight is 415 g/mol. The van der Waals surface area contributed by atoms with E-state index in [2.05, 4.69) is 10.6 Å². The number of carbonyl (C=O) groups excluding carboxylic acids is 4. The Bertz CT molecular complexity index is 616. The molecule has 1 saturated heterocycles. The Hall–Kier alpha value is -1.68. The molecule has 0 aromatic rings. The van der Waals surface area contributed by atoms with Gasteiger partial charge in [0.1, 0.15) is 12.1 Å². The minimum absolute atomic E-state index is 0.0504. The van der Waals surface area contributed by atoms with Gasteiger partial charge in [-0.05, 0) is 18.3 Å². The Morgan fingerprint density at radius 2 is 1.30 bits per heavy atom. The maximum atomic E-state index is 12.9. The fraction of sp³-hybridized carbons (Fsp3) is 0.647. The Labute approximate surface area is 164 Å². The monoisotopic (exact) mass is 414 g/mol. The van der Waals surface area contributed by atoms with E-state index in [1.165, 1.54) is 35.8 Å². The van der Waals surface area contributed by atoms with Gasteiger partial charge in [-0.1, -0.05) is 33.7 Å². The molecule has 0 aromatic heterocycles. The van der Waals surface area contributed by atoms with Crippen molar-refractivity contribution in [2.75, 3.05) is 25.7 Å². The van der Waals surface area contributed by atoms with Crippen LogP contribution in [0.3, 0.4) is 0 Å². The van der Waals surface area contributed by atoms with E-state index in [4.69, 9.17) is 9.47 Å².